The quantitative estimate of drug-likeness (QED) is 0.383. The number of hydrogen-bond acceptors (Lipinski definition) is 7. The van der Waals surface area contributed by atoms with Gasteiger partial charge >= 0.3 is 0 Å². The SMILES string of the molecule is COc1cc(C(=O)N2C(=S)N(c3cccc(C)c3)[C@]3(C)C[C@H]2c2cccc(OC)c2O3)cc(OC)c1OC. The minimum atomic E-state index is -0.858. The van der Waals surface area contributed by atoms with Crippen molar-refractivity contribution in [2.45, 2.75) is 32.0 Å². The normalized spacial score (nSPS) is 19.8. The molecule has 9 heteroatoms. The molecule has 3 aromatic rings. The Morgan fingerprint density at radius 2 is 1.61 bits per heavy atom. The van der Waals surface area contributed by atoms with E-state index in [0.29, 0.717) is 45.8 Å². The number of para-hydroxylation sites is 1. The van der Waals surface area contributed by atoms with Gasteiger partial charge in [-0.15, -0.1) is 0 Å². The van der Waals surface area contributed by atoms with Gasteiger partial charge in [0.15, 0.2) is 33.8 Å². The number of rotatable bonds is 6. The number of carbonyl (C=O) groups excluding carboxylic acids is 1. The van der Waals surface area contributed by atoms with Gasteiger partial charge in [0.2, 0.25) is 5.75 Å². The Morgan fingerprint density at radius 3 is 2.21 bits per heavy atom. The standard InChI is InChI=1S/C29H30N2O6S/c1-17-9-7-10-19(13-17)31-28(38)30(27(32)18-14-23(34-4)26(36-6)24(15-18)35-5)21-16-29(31,2)37-25-20(21)11-8-12-22(25)33-3/h7-15,21H,16H2,1-6H3/t21-,29-/m0/s1. The monoisotopic (exact) mass is 534 g/mol. The Bertz CT molecular complexity index is 1400. The van der Waals surface area contributed by atoms with Crippen molar-refractivity contribution in [2.75, 3.05) is 33.3 Å². The molecule has 5 rings (SSSR count). The second kappa shape index (κ2) is 9.72. The van der Waals surface area contributed by atoms with Gasteiger partial charge in [-0.2, -0.15) is 0 Å². The summed E-state index contributed by atoms with van der Waals surface area (Å²) in [5.74, 6) is 2.06. The number of thiocarbonyl (C=S) groups is 1. The number of carbonyl (C=O) groups is 1. The van der Waals surface area contributed by atoms with Crippen molar-refractivity contribution >= 4 is 28.9 Å². The fourth-order valence-corrected chi connectivity index (χ4v) is 5.84. The van der Waals surface area contributed by atoms with Crippen LogP contribution in [0.15, 0.2) is 54.6 Å². The lowest BCUT2D eigenvalue weighted by Gasteiger charge is -2.55. The summed E-state index contributed by atoms with van der Waals surface area (Å²) in [6.45, 7) is 4.01. The summed E-state index contributed by atoms with van der Waals surface area (Å²) in [6, 6.07) is 16.6. The Balaban J connectivity index is 1.71. The summed E-state index contributed by atoms with van der Waals surface area (Å²) in [7, 11) is 6.16. The molecule has 38 heavy (non-hydrogen) atoms. The summed E-state index contributed by atoms with van der Waals surface area (Å²) in [5, 5.41) is 0.335. The smallest absolute Gasteiger partial charge is 0.260 e. The average molecular weight is 535 g/mol. The molecule has 0 aliphatic carbocycles. The van der Waals surface area contributed by atoms with Gasteiger partial charge in [0.25, 0.3) is 5.91 Å². The van der Waals surface area contributed by atoms with Gasteiger partial charge in [-0.05, 0) is 62.0 Å². The summed E-state index contributed by atoms with van der Waals surface area (Å²) in [6.07, 6.45) is 0.484. The van der Waals surface area contributed by atoms with Crippen molar-refractivity contribution < 1.29 is 28.5 Å². The highest BCUT2D eigenvalue weighted by molar-refractivity contribution is 7.80. The van der Waals surface area contributed by atoms with Gasteiger partial charge in [0, 0.05) is 23.2 Å². The molecule has 198 valence electrons. The topological polar surface area (TPSA) is 69.7 Å². The highest BCUT2D eigenvalue weighted by Crippen LogP contribution is 2.53. The highest BCUT2D eigenvalue weighted by atomic mass is 32.1. The van der Waals surface area contributed by atoms with Crippen LogP contribution in [0.5, 0.6) is 28.7 Å². The molecule has 0 spiro atoms. The summed E-state index contributed by atoms with van der Waals surface area (Å²) in [4.78, 5) is 17.9. The number of methoxy groups -OCH3 is 4. The third-order valence-electron chi connectivity index (χ3n) is 7.05. The fourth-order valence-electron chi connectivity index (χ4n) is 5.33. The van der Waals surface area contributed by atoms with Crippen molar-refractivity contribution in [3.05, 3.63) is 71.3 Å². The molecule has 0 N–H and O–H groups in total. The summed E-state index contributed by atoms with van der Waals surface area (Å²) >= 11 is 6.07. The number of benzene rings is 3. The zero-order valence-electron chi connectivity index (χ0n) is 22.2. The number of anilines is 1. The molecular formula is C29H30N2O6S. The lowest BCUT2D eigenvalue weighted by molar-refractivity contribution is 0.0162. The van der Waals surface area contributed by atoms with Crippen LogP contribution in [0.2, 0.25) is 0 Å². The summed E-state index contributed by atoms with van der Waals surface area (Å²) in [5.41, 5.74) is 2.22. The van der Waals surface area contributed by atoms with E-state index in [1.54, 1.807) is 24.1 Å². The van der Waals surface area contributed by atoms with Crippen LogP contribution in [0.4, 0.5) is 5.69 Å². The maximum absolute atomic E-state index is 14.3. The lowest BCUT2D eigenvalue weighted by Crippen LogP contribution is -2.67. The van der Waals surface area contributed by atoms with Crippen LogP contribution < -0.4 is 28.6 Å². The Kier molecular flexibility index (Phi) is 6.56. The van der Waals surface area contributed by atoms with Crippen LogP contribution in [0.25, 0.3) is 0 Å². The van der Waals surface area contributed by atoms with E-state index in [1.165, 1.54) is 21.3 Å². The first-order valence-electron chi connectivity index (χ1n) is 12.2. The van der Waals surface area contributed by atoms with Crippen molar-refractivity contribution in [1.29, 1.82) is 0 Å². The van der Waals surface area contributed by atoms with Crippen LogP contribution in [0.3, 0.4) is 0 Å². The minimum Gasteiger partial charge on any atom is -0.493 e. The third-order valence-corrected chi connectivity index (χ3v) is 7.43. The molecule has 2 bridgehead atoms. The molecule has 1 amide bonds. The van der Waals surface area contributed by atoms with Crippen LogP contribution in [0.1, 0.15) is 40.9 Å². The zero-order valence-corrected chi connectivity index (χ0v) is 23.0. The molecule has 0 radical (unpaired) electrons. The Morgan fingerprint density at radius 1 is 0.947 bits per heavy atom. The molecule has 0 saturated carbocycles. The number of hydrogen-bond donors (Lipinski definition) is 0. The molecule has 2 atom stereocenters. The van der Waals surface area contributed by atoms with Gasteiger partial charge < -0.3 is 23.7 Å². The van der Waals surface area contributed by atoms with Gasteiger partial charge in [-0.25, -0.2) is 0 Å². The molecule has 1 fully saturated rings. The van der Waals surface area contributed by atoms with E-state index in [1.807, 2.05) is 61.2 Å². The third kappa shape index (κ3) is 3.98. The largest absolute Gasteiger partial charge is 0.493 e. The van der Waals surface area contributed by atoms with Crippen molar-refractivity contribution in [3.8, 4) is 28.7 Å². The van der Waals surface area contributed by atoms with Crippen LogP contribution in [-0.2, 0) is 0 Å². The maximum Gasteiger partial charge on any atom is 0.260 e. The van der Waals surface area contributed by atoms with E-state index in [-0.39, 0.29) is 11.9 Å². The van der Waals surface area contributed by atoms with E-state index in [9.17, 15) is 4.79 Å². The molecule has 0 aromatic heterocycles. The van der Waals surface area contributed by atoms with Crippen LogP contribution in [-0.4, -0.2) is 50.1 Å². The van der Waals surface area contributed by atoms with Gasteiger partial charge in [0.1, 0.15) is 0 Å². The number of ether oxygens (including phenoxy) is 5. The van der Waals surface area contributed by atoms with Crippen molar-refractivity contribution in [3.63, 3.8) is 0 Å². The van der Waals surface area contributed by atoms with E-state index in [2.05, 4.69) is 0 Å². The number of nitrogens with zero attached hydrogens (tertiary/aromatic N) is 2. The molecule has 2 aliphatic rings. The highest BCUT2D eigenvalue weighted by Gasteiger charge is 2.54. The van der Waals surface area contributed by atoms with E-state index >= 15 is 0 Å². The molecular weight excluding hydrogens is 504 g/mol. The van der Waals surface area contributed by atoms with Crippen molar-refractivity contribution in [2.24, 2.45) is 0 Å². The van der Waals surface area contributed by atoms with Crippen molar-refractivity contribution in [1.82, 2.24) is 4.90 Å². The Labute approximate surface area is 227 Å². The van der Waals surface area contributed by atoms with E-state index in [4.69, 9.17) is 35.9 Å². The average Bonchev–Trinajstić information content (AvgIpc) is 2.91. The van der Waals surface area contributed by atoms with Crippen LogP contribution in [0, 0.1) is 6.92 Å². The number of fused-ring (bicyclic) bond motifs is 4. The summed E-state index contributed by atoms with van der Waals surface area (Å²) < 4.78 is 28.8. The minimum absolute atomic E-state index is 0.297. The van der Waals surface area contributed by atoms with Crippen LogP contribution >= 0.6 is 12.2 Å². The second-order valence-electron chi connectivity index (χ2n) is 9.42. The first-order valence-corrected chi connectivity index (χ1v) is 12.6. The molecule has 3 aromatic carbocycles. The molecule has 8 nitrogen and oxygen atoms in total. The first kappa shape index (κ1) is 25.7. The molecule has 2 aliphatic heterocycles. The molecule has 0 unspecified atom stereocenters. The number of amides is 1. The lowest BCUT2D eigenvalue weighted by atomic mass is 9.88. The zero-order chi connectivity index (χ0) is 27.2. The first-order chi connectivity index (χ1) is 18.3. The molecule has 2 heterocycles. The molecule has 1 saturated heterocycles. The maximum atomic E-state index is 14.3. The number of aryl methyl sites for hydroxylation is 1. The van der Waals surface area contributed by atoms with E-state index in [0.717, 1.165) is 16.8 Å². The predicted molar refractivity (Wildman–Crippen MR) is 148 cm³/mol. The van der Waals surface area contributed by atoms with Gasteiger partial charge in [-0.1, -0.05) is 24.3 Å². The second-order valence-corrected chi connectivity index (χ2v) is 9.79. The van der Waals surface area contributed by atoms with Gasteiger partial charge in [0.05, 0.1) is 34.5 Å². The predicted octanol–water partition coefficient (Wildman–Crippen LogP) is 5.52. The Hall–Kier alpha value is -3.98. The fraction of sp³-hybridized carbons (Fsp3) is 0.310. The van der Waals surface area contributed by atoms with E-state index < -0.39 is 5.72 Å². The van der Waals surface area contributed by atoms with Gasteiger partial charge in [-0.3, -0.25) is 14.6 Å².